The lowest BCUT2D eigenvalue weighted by Crippen LogP contribution is -2.33. The zero-order chi connectivity index (χ0) is 23.8. The summed E-state index contributed by atoms with van der Waals surface area (Å²) in [6, 6.07) is 11.6. The van der Waals surface area contributed by atoms with Crippen LogP contribution in [0.1, 0.15) is 38.3 Å². The van der Waals surface area contributed by atoms with E-state index in [9.17, 15) is 4.79 Å². The Morgan fingerprint density at radius 2 is 1.85 bits per heavy atom. The largest absolute Gasteiger partial charge is 0.369 e. The predicted molar refractivity (Wildman–Crippen MR) is 137 cm³/mol. The van der Waals surface area contributed by atoms with Crippen molar-refractivity contribution in [1.82, 2.24) is 25.1 Å². The lowest BCUT2D eigenvalue weighted by Gasteiger charge is -2.26. The van der Waals surface area contributed by atoms with Gasteiger partial charge in [0.05, 0.1) is 5.69 Å². The summed E-state index contributed by atoms with van der Waals surface area (Å²) in [4.78, 5) is 24.5. The molecule has 0 aliphatic carbocycles. The molecule has 0 radical (unpaired) electrons. The maximum atomic E-state index is 11.6. The Labute approximate surface area is 204 Å². The number of nitrogens with zero attached hydrogens (tertiary/aromatic N) is 4. The van der Waals surface area contributed by atoms with Crippen molar-refractivity contribution in [2.45, 2.75) is 49.6 Å². The number of hydrogen-bond acceptors (Lipinski definition) is 8. The Balaban J connectivity index is 1.46. The number of carbonyl (C=O) groups is 1. The van der Waals surface area contributed by atoms with Crippen molar-refractivity contribution in [2.75, 3.05) is 42.1 Å². The third kappa shape index (κ3) is 7.19. The topological polar surface area (TPSA) is 111 Å². The molecule has 34 heavy (non-hydrogen) atoms. The average molecular weight is 481 g/mol. The van der Waals surface area contributed by atoms with Gasteiger partial charge in [0, 0.05) is 42.2 Å². The second-order valence-electron chi connectivity index (χ2n) is 8.33. The Morgan fingerprint density at radius 3 is 2.56 bits per heavy atom. The van der Waals surface area contributed by atoms with Crippen molar-refractivity contribution in [3.8, 4) is 0 Å². The second-order valence-corrected chi connectivity index (χ2v) is 9.37. The molecule has 1 aliphatic heterocycles. The van der Waals surface area contributed by atoms with Gasteiger partial charge in [-0.2, -0.15) is 5.10 Å². The smallest absolute Gasteiger partial charge is 0.224 e. The number of hydrogen-bond donors (Lipinski definition) is 4. The third-order valence-electron chi connectivity index (χ3n) is 5.53. The highest BCUT2D eigenvalue weighted by Crippen LogP contribution is 2.29. The minimum absolute atomic E-state index is 0.00294. The average Bonchev–Trinajstić information content (AvgIpc) is 3.25. The van der Waals surface area contributed by atoms with E-state index in [0.717, 1.165) is 41.0 Å². The minimum atomic E-state index is -0.00294. The van der Waals surface area contributed by atoms with Crippen molar-refractivity contribution in [1.29, 1.82) is 0 Å². The summed E-state index contributed by atoms with van der Waals surface area (Å²) in [6.07, 6.45) is 4.36. The molecule has 1 aliphatic rings. The van der Waals surface area contributed by atoms with Gasteiger partial charge in [-0.1, -0.05) is 13.3 Å². The zero-order valence-corrected chi connectivity index (χ0v) is 20.5. The summed E-state index contributed by atoms with van der Waals surface area (Å²) in [6.45, 7) is 7.94. The lowest BCUT2D eigenvalue weighted by atomic mass is 10.1. The Hall–Kier alpha value is -3.11. The van der Waals surface area contributed by atoms with Gasteiger partial charge in [0.2, 0.25) is 5.91 Å². The molecule has 4 rings (SSSR count). The molecule has 0 unspecified atom stereocenters. The van der Waals surface area contributed by atoms with E-state index in [2.05, 4.69) is 36.0 Å². The zero-order valence-electron chi connectivity index (χ0n) is 19.7. The Bertz CT molecular complexity index is 1080. The third-order valence-corrected chi connectivity index (χ3v) is 6.40. The number of aryl methyl sites for hydroxylation is 1. The van der Waals surface area contributed by atoms with E-state index in [1.807, 2.05) is 50.2 Å². The molecule has 1 fully saturated rings. The van der Waals surface area contributed by atoms with Gasteiger partial charge >= 0.3 is 0 Å². The maximum Gasteiger partial charge on any atom is 0.224 e. The highest BCUT2D eigenvalue weighted by atomic mass is 32.2. The number of anilines is 4. The molecule has 3 heterocycles. The van der Waals surface area contributed by atoms with Crippen LogP contribution in [0.4, 0.5) is 23.1 Å². The van der Waals surface area contributed by atoms with Gasteiger partial charge in [-0.25, -0.2) is 9.97 Å². The van der Waals surface area contributed by atoms with E-state index in [1.165, 1.54) is 44.1 Å². The predicted octanol–water partition coefficient (Wildman–Crippen LogP) is 4.65. The van der Waals surface area contributed by atoms with Crippen LogP contribution in [0.15, 0.2) is 46.5 Å². The fourth-order valence-corrected chi connectivity index (χ4v) is 4.51. The number of piperidine rings is 1. The molecule has 0 spiro atoms. The normalized spacial score (nSPS) is 14.1. The standard InChI is InChI=1S/C24H32N8OS/c1-3-23(33)26-18-7-9-19(10-8-18)34-24-28-20(25-11-14-32-12-5-4-6-13-32)16-21(29-24)27-22-15-17(2)30-31-22/h7-10,15-16H,3-6,11-14H2,1-2H3,(H,26,33)(H3,25,27,28,29,30,31). The molecular formula is C24H32N8OS. The summed E-state index contributed by atoms with van der Waals surface area (Å²) >= 11 is 1.48. The van der Waals surface area contributed by atoms with Crippen LogP contribution in [0.2, 0.25) is 0 Å². The van der Waals surface area contributed by atoms with E-state index in [1.54, 1.807) is 0 Å². The molecule has 0 bridgehead atoms. The highest BCUT2D eigenvalue weighted by Gasteiger charge is 2.11. The summed E-state index contributed by atoms with van der Waals surface area (Å²) in [5.74, 6) is 2.24. The van der Waals surface area contributed by atoms with Gasteiger partial charge in [0.1, 0.15) is 17.5 Å². The molecule has 4 N–H and O–H groups in total. The van der Waals surface area contributed by atoms with E-state index in [4.69, 9.17) is 4.98 Å². The first-order valence-electron chi connectivity index (χ1n) is 11.8. The quantitative estimate of drug-likeness (QED) is 0.310. The van der Waals surface area contributed by atoms with Gasteiger partial charge in [-0.05, 0) is 68.9 Å². The van der Waals surface area contributed by atoms with Crippen molar-refractivity contribution < 1.29 is 4.79 Å². The van der Waals surface area contributed by atoms with Crippen molar-refractivity contribution in [3.05, 3.63) is 42.1 Å². The van der Waals surface area contributed by atoms with Crippen molar-refractivity contribution >= 4 is 40.8 Å². The number of aromatic nitrogens is 4. The molecule has 3 aromatic rings. The van der Waals surface area contributed by atoms with Crippen molar-refractivity contribution in [3.63, 3.8) is 0 Å². The number of carbonyl (C=O) groups excluding carboxylic acids is 1. The van der Waals surface area contributed by atoms with Crippen LogP contribution < -0.4 is 16.0 Å². The number of aromatic amines is 1. The molecule has 9 nitrogen and oxygen atoms in total. The fourth-order valence-electron chi connectivity index (χ4n) is 3.74. The first-order valence-corrected chi connectivity index (χ1v) is 12.6. The van der Waals surface area contributed by atoms with Gasteiger partial charge in [0.25, 0.3) is 0 Å². The molecule has 0 saturated carbocycles. The molecule has 10 heteroatoms. The Morgan fingerprint density at radius 1 is 1.09 bits per heavy atom. The summed E-state index contributed by atoms with van der Waals surface area (Å²) in [7, 11) is 0. The first-order chi connectivity index (χ1) is 16.6. The molecule has 1 amide bonds. The summed E-state index contributed by atoms with van der Waals surface area (Å²) in [5, 5.41) is 17.4. The number of benzene rings is 1. The van der Waals surface area contributed by atoms with E-state index in [-0.39, 0.29) is 5.91 Å². The second kappa shape index (κ2) is 11.8. The van der Waals surface area contributed by atoms with Gasteiger partial charge in [0.15, 0.2) is 5.16 Å². The molecule has 1 saturated heterocycles. The Kier molecular flexibility index (Phi) is 8.37. The minimum Gasteiger partial charge on any atom is -0.369 e. The van der Waals surface area contributed by atoms with Gasteiger partial charge < -0.3 is 20.9 Å². The van der Waals surface area contributed by atoms with E-state index in [0.29, 0.717) is 17.4 Å². The number of nitrogens with one attached hydrogen (secondary N) is 4. The van der Waals surface area contributed by atoms with Crippen LogP contribution in [0.5, 0.6) is 0 Å². The first kappa shape index (κ1) is 24.0. The van der Waals surface area contributed by atoms with Crippen LogP contribution >= 0.6 is 11.8 Å². The highest BCUT2D eigenvalue weighted by molar-refractivity contribution is 7.99. The van der Waals surface area contributed by atoms with Crippen LogP contribution in [-0.2, 0) is 4.79 Å². The number of likely N-dealkylation sites (tertiary alicyclic amines) is 1. The number of H-pyrrole nitrogens is 1. The number of rotatable bonds is 10. The molecule has 180 valence electrons. The molecule has 1 aromatic carbocycles. The van der Waals surface area contributed by atoms with Crippen molar-refractivity contribution in [2.24, 2.45) is 0 Å². The van der Waals surface area contributed by atoms with E-state index < -0.39 is 0 Å². The molecular weight excluding hydrogens is 448 g/mol. The summed E-state index contributed by atoms with van der Waals surface area (Å²) in [5.41, 5.74) is 1.68. The van der Waals surface area contributed by atoms with Gasteiger partial charge in [-0.3, -0.25) is 9.89 Å². The SMILES string of the molecule is CCC(=O)Nc1ccc(Sc2nc(NCCN3CCCCC3)cc(Nc3cc(C)n[nH]3)n2)cc1. The lowest BCUT2D eigenvalue weighted by molar-refractivity contribution is -0.115. The van der Waals surface area contributed by atoms with Crippen LogP contribution in [0.3, 0.4) is 0 Å². The fraction of sp³-hybridized carbons (Fsp3) is 0.417. The van der Waals surface area contributed by atoms with Gasteiger partial charge in [-0.15, -0.1) is 0 Å². The van der Waals surface area contributed by atoms with Crippen LogP contribution in [0.25, 0.3) is 0 Å². The molecule has 2 aromatic heterocycles. The van der Waals surface area contributed by atoms with E-state index >= 15 is 0 Å². The monoisotopic (exact) mass is 480 g/mol. The molecule has 0 atom stereocenters. The maximum absolute atomic E-state index is 11.6. The summed E-state index contributed by atoms with van der Waals surface area (Å²) < 4.78 is 0. The van der Waals surface area contributed by atoms with Crippen LogP contribution in [0, 0.1) is 6.92 Å². The van der Waals surface area contributed by atoms with Crippen LogP contribution in [-0.4, -0.2) is 57.2 Å². The number of amides is 1.